The Morgan fingerprint density at radius 1 is 1.16 bits per heavy atom. The van der Waals surface area contributed by atoms with E-state index in [0.29, 0.717) is 36.9 Å². The Hall–Kier alpha value is -1.65. The van der Waals surface area contributed by atoms with Gasteiger partial charge in [-0.3, -0.25) is 9.69 Å². The minimum Gasteiger partial charge on any atom is -0.449 e. The normalized spacial score (nSPS) is 23.3. The molecule has 0 unspecified atom stereocenters. The van der Waals surface area contributed by atoms with Crippen LogP contribution in [0.2, 0.25) is 0 Å². The molecule has 32 heavy (non-hydrogen) atoms. The first-order chi connectivity index (χ1) is 15.0. The van der Waals surface area contributed by atoms with E-state index in [1.807, 2.05) is 13.8 Å². The Labute approximate surface area is 194 Å². The van der Waals surface area contributed by atoms with Crippen LogP contribution in [0.4, 0.5) is 9.80 Å². The minimum atomic E-state index is -3.22. The van der Waals surface area contributed by atoms with Gasteiger partial charge in [0.1, 0.15) is 5.00 Å². The Balaban J connectivity index is 1.87. The van der Waals surface area contributed by atoms with Crippen LogP contribution >= 0.6 is 11.3 Å². The standard InChI is InChI=1S/C22H34N2O6S2/c1-14(2)24(20(25)17-7-5-15(3)6-8-17)21-18(30-22(26)27)13-19(31-21)16-9-11-23(12-10-16)32(4,28)29/h13-17H,5-12H2,1-4H3,(H,26,27). The van der Waals surface area contributed by atoms with E-state index in [0.717, 1.165) is 30.6 Å². The van der Waals surface area contributed by atoms with E-state index < -0.39 is 16.2 Å². The summed E-state index contributed by atoms with van der Waals surface area (Å²) in [6, 6.07) is 1.58. The van der Waals surface area contributed by atoms with E-state index in [9.17, 15) is 23.1 Å². The van der Waals surface area contributed by atoms with Gasteiger partial charge < -0.3 is 9.84 Å². The lowest BCUT2D eigenvalue weighted by molar-refractivity contribution is -0.123. The maximum absolute atomic E-state index is 13.5. The van der Waals surface area contributed by atoms with Crippen LogP contribution in [-0.4, -0.2) is 55.3 Å². The van der Waals surface area contributed by atoms with Crippen molar-refractivity contribution < 1.29 is 27.9 Å². The highest BCUT2D eigenvalue weighted by Crippen LogP contribution is 2.45. The van der Waals surface area contributed by atoms with Gasteiger partial charge in [0.15, 0.2) is 5.75 Å². The van der Waals surface area contributed by atoms with Crippen LogP contribution in [0, 0.1) is 11.8 Å². The molecule has 1 aromatic heterocycles. The lowest BCUT2D eigenvalue weighted by atomic mass is 9.82. The molecule has 1 saturated carbocycles. The number of thiophene rings is 1. The number of carbonyl (C=O) groups excluding carboxylic acids is 1. The predicted octanol–water partition coefficient (Wildman–Crippen LogP) is 4.51. The van der Waals surface area contributed by atoms with Crippen LogP contribution in [0.5, 0.6) is 5.75 Å². The SMILES string of the molecule is CC1CCC(C(=O)N(c2sc(C3CCN(S(C)(=O)=O)CC3)cc2OC(=O)O)C(C)C)CC1. The van der Waals surface area contributed by atoms with Gasteiger partial charge in [-0.15, -0.1) is 11.3 Å². The molecular formula is C22H34N2O6S2. The third-order valence-corrected chi connectivity index (χ3v) is 9.14. The molecule has 0 radical (unpaired) electrons. The molecule has 3 rings (SSSR count). The number of hydrogen-bond acceptors (Lipinski definition) is 6. The molecule has 2 aliphatic rings. The summed E-state index contributed by atoms with van der Waals surface area (Å²) in [5, 5.41) is 9.81. The van der Waals surface area contributed by atoms with E-state index in [1.165, 1.54) is 21.9 Å². The summed E-state index contributed by atoms with van der Waals surface area (Å²) < 4.78 is 30.2. The summed E-state index contributed by atoms with van der Waals surface area (Å²) in [6.07, 6.45) is 4.84. The van der Waals surface area contributed by atoms with Gasteiger partial charge in [0.2, 0.25) is 15.9 Å². The number of piperidine rings is 1. The van der Waals surface area contributed by atoms with E-state index in [4.69, 9.17) is 4.74 Å². The molecule has 0 aromatic carbocycles. The molecule has 1 saturated heterocycles. The lowest BCUT2D eigenvalue weighted by Crippen LogP contribution is -2.42. The summed E-state index contributed by atoms with van der Waals surface area (Å²) in [7, 11) is -3.22. The maximum Gasteiger partial charge on any atom is 0.511 e. The van der Waals surface area contributed by atoms with Gasteiger partial charge in [0.05, 0.1) is 6.26 Å². The first-order valence-corrected chi connectivity index (χ1v) is 14.0. The summed E-state index contributed by atoms with van der Waals surface area (Å²) in [5.74, 6) is 0.887. The van der Waals surface area contributed by atoms with Crippen molar-refractivity contribution in [1.82, 2.24) is 4.31 Å². The summed E-state index contributed by atoms with van der Waals surface area (Å²) in [5.41, 5.74) is 0. The fourth-order valence-electron chi connectivity index (χ4n) is 4.68. The van der Waals surface area contributed by atoms with Crippen molar-refractivity contribution in [3.63, 3.8) is 0 Å². The number of anilines is 1. The van der Waals surface area contributed by atoms with Gasteiger partial charge in [-0.05, 0) is 70.3 Å². The van der Waals surface area contributed by atoms with Gasteiger partial charge in [-0.25, -0.2) is 17.5 Å². The van der Waals surface area contributed by atoms with Gasteiger partial charge in [0.25, 0.3) is 0 Å². The number of sulfonamides is 1. The van der Waals surface area contributed by atoms with E-state index >= 15 is 0 Å². The Bertz CT molecular complexity index is 926. The van der Waals surface area contributed by atoms with E-state index in [2.05, 4.69) is 6.92 Å². The number of ether oxygens (including phenoxy) is 1. The zero-order chi connectivity index (χ0) is 23.6. The second-order valence-corrected chi connectivity index (χ2v) is 12.4. The fourth-order valence-corrected chi connectivity index (χ4v) is 6.95. The van der Waals surface area contributed by atoms with E-state index in [-0.39, 0.29) is 29.5 Å². The number of rotatable bonds is 6. The maximum atomic E-state index is 13.5. The van der Waals surface area contributed by atoms with Gasteiger partial charge in [-0.1, -0.05) is 6.92 Å². The van der Waals surface area contributed by atoms with Crippen molar-refractivity contribution in [2.24, 2.45) is 11.8 Å². The Morgan fingerprint density at radius 3 is 2.25 bits per heavy atom. The first-order valence-electron chi connectivity index (χ1n) is 11.3. The first kappa shape index (κ1) is 25.0. The molecule has 0 spiro atoms. The third kappa shape index (κ3) is 5.82. The van der Waals surface area contributed by atoms with E-state index in [1.54, 1.807) is 11.0 Å². The summed E-state index contributed by atoms with van der Waals surface area (Å²) in [4.78, 5) is 27.5. The van der Waals surface area contributed by atoms with Crippen molar-refractivity contribution in [2.75, 3.05) is 24.2 Å². The highest BCUT2D eigenvalue weighted by Gasteiger charge is 2.35. The molecule has 1 amide bonds. The van der Waals surface area contributed by atoms with Crippen molar-refractivity contribution in [2.45, 2.75) is 71.3 Å². The molecule has 180 valence electrons. The van der Waals surface area contributed by atoms with Gasteiger partial charge in [0, 0.05) is 29.9 Å². The van der Waals surface area contributed by atoms with Crippen molar-refractivity contribution in [3.8, 4) is 5.75 Å². The second kappa shape index (κ2) is 10.1. The van der Waals surface area contributed by atoms with Gasteiger partial charge >= 0.3 is 6.16 Å². The highest BCUT2D eigenvalue weighted by molar-refractivity contribution is 7.88. The molecule has 10 heteroatoms. The molecule has 2 heterocycles. The molecule has 2 fully saturated rings. The number of carboxylic acid groups (broad SMARTS) is 1. The Morgan fingerprint density at radius 2 is 1.75 bits per heavy atom. The topological polar surface area (TPSA) is 104 Å². The highest BCUT2D eigenvalue weighted by atomic mass is 32.2. The molecule has 1 aliphatic carbocycles. The molecule has 1 aliphatic heterocycles. The van der Waals surface area contributed by atoms with Crippen molar-refractivity contribution >= 4 is 38.4 Å². The molecule has 8 nitrogen and oxygen atoms in total. The average molecular weight is 487 g/mol. The van der Waals surface area contributed by atoms with Crippen LogP contribution in [0.1, 0.15) is 70.1 Å². The minimum absolute atomic E-state index is 0.0300. The number of carbonyl (C=O) groups is 2. The molecule has 1 aromatic rings. The molecule has 0 atom stereocenters. The molecule has 1 N–H and O–H groups in total. The average Bonchev–Trinajstić information content (AvgIpc) is 3.10. The van der Waals surface area contributed by atoms with Crippen LogP contribution in [0.3, 0.4) is 0 Å². The second-order valence-electron chi connectivity index (χ2n) is 9.38. The van der Waals surface area contributed by atoms with Crippen molar-refractivity contribution in [1.29, 1.82) is 0 Å². The summed E-state index contributed by atoms with van der Waals surface area (Å²) in [6.45, 7) is 6.92. The van der Waals surface area contributed by atoms with Crippen LogP contribution in [-0.2, 0) is 14.8 Å². The zero-order valence-electron chi connectivity index (χ0n) is 19.2. The van der Waals surface area contributed by atoms with Gasteiger partial charge in [-0.2, -0.15) is 0 Å². The number of amides is 1. The summed E-state index contributed by atoms with van der Waals surface area (Å²) >= 11 is 1.39. The van der Waals surface area contributed by atoms with Crippen molar-refractivity contribution in [3.05, 3.63) is 10.9 Å². The predicted molar refractivity (Wildman–Crippen MR) is 125 cm³/mol. The van der Waals surface area contributed by atoms with Crippen LogP contribution in [0.25, 0.3) is 0 Å². The number of hydrogen-bond donors (Lipinski definition) is 1. The fraction of sp³-hybridized carbons (Fsp3) is 0.727. The third-order valence-electron chi connectivity index (χ3n) is 6.56. The monoisotopic (exact) mass is 486 g/mol. The number of nitrogens with zero attached hydrogens (tertiary/aromatic N) is 2. The smallest absolute Gasteiger partial charge is 0.449 e. The largest absolute Gasteiger partial charge is 0.511 e. The lowest BCUT2D eigenvalue weighted by Gasteiger charge is -2.33. The molecular weight excluding hydrogens is 452 g/mol. The van der Waals surface area contributed by atoms with Crippen LogP contribution < -0.4 is 9.64 Å². The molecule has 0 bridgehead atoms. The zero-order valence-corrected chi connectivity index (χ0v) is 20.9. The van der Waals surface area contributed by atoms with Crippen LogP contribution in [0.15, 0.2) is 6.07 Å². The Kier molecular flexibility index (Phi) is 7.88. The quantitative estimate of drug-likeness (QED) is 0.593.